The van der Waals surface area contributed by atoms with Gasteiger partial charge in [0.25, 0.3) is 0 Å². The Hall–Kier alpha value is -2.76. The maximum absolute atomic E-state index is 4.48. The number of pyridine rings is 2. The summed E-state index contributed by atoms with van der Waals surface area (Å²) in [6, 6.07) is 11.3. The number of hydrogen-bond acceptors (Lipinski definition) is 6. The molecular weight excluding hydrogens is 240 g/mol. The van der Waals surface area contributed by atoms with Crippen molar-refractivity contribution in [3.8, 4) is 22.9 Å². The predicted octanol–water partition coefficient (Wildman–Crippen LogP) is 1.70. The monoisotopic (exact) mass is 250 g/mol. The van der Waals surface area contributed by atoms with E-state index in [0.29, 0.717) is 17.3 Å². The normalized spacial score (nSPS) is 10.4. The van der Waals surface area contributed by atoms with Crippen molar-refractivity contribution >= 4 is 0 Å². The van der Waals surface area contributed by atoms with Gasteiger partial charge in [-0.3, -0.25) is 4.98 Å². The lowest BCUT2D eigenvalue weighted by molar-refractivity contribution is 0.812. The Labute approximate surface area is 109 Å². The highest BCUT2D eigenvalue weighted by atomic mass is 15.3. The van der Waals surface area contributed by atoms with Crippen molar-refractivity contribution in [3.63, 3.8) is 0 Å². The summed E-state index contributed by atoms with van der Waals surface area (Å²) in [7, 11) is 0. The molecule has 0 aliphatic rings. The van der Waals surface area contributed by atoms with E-state index in [4.69, 9.17) is 0 Å². The SMILES string of the molecule is Cc1nnc(-c2cccc(-c3ccccn3)n2)nn1. The molecule has 0 saturated carbocycles. The van der Waals surface area contributed by atoms with Crippen LogP contribution in [-0.4, -0.2) is 30.4 Å². The summed E-state index contributed by atoms with van der Waals surface area (Å²) < 4.78 is 0. The minimum Gasteiger partial charge on any atom is -0.255 e. The van der Waals surface area contributed by atoms with E-state index in [2.05, 4.69) is 30.4 Å². The fraction of sp³-hybridized carbons (Fsp3) is 0.0769. The summed E-state index contributed by atoms with van der Waals surface area (Å²) >= 11 is 0. The summed E-state index contributed by atoms with van der Waals surface area (Å²) in [6.07, 6.45) is 1.73. The second-order valence-electron chi connectivity index (χ2n) is 3.89. The number of hydrogen-bond donors (Lipinski definition) is 0. The van der Waals surface area contributed by atoms with E-state index < -0.39 is 0 Å². The second-order valence-corrected chi connectivity index (χ2v) is 3.89. The number of rotatable bonds is 2. The van der Waals surface area contributed by atoms with E-state index in [9.17, 15) is 0 Å². The van der Waals surface area contributed by atoms with Crippen molar-refractivity contribution in [2.45, 2.75) is 6.92 Å². The molecule has 3 heterocycles. The largest absolute Gasteiger partial charge is 0.255 e. The van der Waals surface area contributed by atoms with Crippen molar-refractivity contribution in [1.29, 1.82) is 0 Å². The summed E-state index contributed by atoms with van der Waals surface area (Å²) in [5.41, 5.74) is 2.20. The van der Waals surface area contributed by atoms with Crippen LogP contribution < -0.4 is 0 Å². The lowest BCUT2D eigenvalue weighted by Gasteiger charge is -2.02. The second kappa shape index (κ2) is 4.85. The van der Waals surface area contributed by atoms with Gasteiger partial charge in [-0.15, -0.1) is 20.4 Å². The molecule has 3 aromatic rings. The van der Waals surface area contributed by atoms with Crippen LogP contribution >= 0.6 is 0 Å². The van der Waals surface area contributed by atoms with Gasteiger partial charge >= 0.3 is 0 Å². The lowest BCUT2D eigenvalue weighted by Crippen LogP contribution is -2.00. The fourth-order valence-electron chi connectivity index (χ4n) is 1.60. The molecule has 0 bridgehead atoms. The molecule has 6 nitrogen and oxygen atoms in total. The summed E-state index contributed by atoms with van der Waals surface area (Å²) in [5.74, 6) is 0.938. The van der Waals surface area contributed by atoms with Crippen LogP contribution in [-0.2, 0) is 0 Å². The van der Waals surface area contributed by atoms with Crippen molar-refractivity contribution in [2.24, 2.45) is 0 Å². The maximum Gasteiger partial charge on any atom is 0.221 e. The molecular formula is C13H10N6. The molecule has 0 saturated heterocycles. The molecule has 92 valence electrons. The standard InChI is InChI=1S/C13H10N6/c1-9-16-18-13(19-17-9)12-7-4-6-11(15-12)10-5-2-3-8-14-10/h2-8H,1H3. The van der Waals surface area contributed by atoms with Gasteiger partial charge in [-0.05, 0) is 31.2 Å². The number of aryl methyl sites for hydroxylation is 1. The third kappa shape index (κ3) is 2.42. The molecule has 0 radical (unpaired) electrons. The van der Waals surface area contributed by atoms with E-state index in [0.717, 1.165) is 11.4 Å². The molecule has 0 aromatic carbocycles. The van der Waals surface area contributed by atoms with Gasteiger partial charge < -0.3 is 0 Å². The Morgan fingerprint density at radius 2 is 1.47 bits per heavy atom. The first-order valence-electron chi connectivity index (χ1n) is 5.76. The highest BCUT2D eigenvalue weighted by Crippen LogP contribution is 2.17. The zero-order valence-electron chi connectivity index (χ0n) is 10.2. The molecule has 0 aliphatic carbocycles. The van der Waals surface area contributed by atoms with E-state index in [1.54, 1.807) is 13.1 Å². The van der Waals surface area contributed by atoms with Gasteiger partial charge in [0.15, 0.2) is 5.82 Å². The molecule has 0 atom stereocenters. The van der Waals surface area contributed by atoms with Crippen LogP contribution in [0.15, 0.2) is 42.6 Å². The Morgan fingerprint density at radius 3 is 2.21 bits per heavy atom. The first-order valence-corrected chi connectivity index (χ1v) is 5.76. The number of aromatic nitrogens is 6. The summed E-state index contributed by atoms with van der Waals surface area (Å²) in [4.78, 5) is 8.74. The fourth-order valence-corrected chi connectivity index (χ4v) is 1.60. The molecule has 0 fully saturated rings. The van der Waals surface area contributed by atoms with Crippen LogP contribution in [0.2, 0.25) is 0 Å². The van der Waals surface area contributed by atoms with E-state index in [1.165, 1.54) is 0 Å². The molecule has 3 rings (SSSR count). The maximum atomic E-state index is 4.48. The van der Waals surface area contributed by atoms with Gasteiger partial charge in [0.05, 0.1) is 11.4 Å². The molecule has 6 heteroatoms. The Bertz CT molecular complexity index is 681. The molecule has 0 unspecified atom stereocenters. The molecule has 0 amide bonds. The Balaban J connectivity index is 2.03. The Kier molecular flexibility index (Phi) is 2.89. The zero-order chi connectivity index (χ0) is 13.1. The lowest BCUT2D eigenvalue weighted by atomic mass is 10.2. The topological polar surface area (TPSA) is 77.3 Å². The third-order valence-electron chi connectivity index (χ3n) is 2.48. The minimum atomic E-state index is 0.406. The predicted molar refractivity (Wildman–Crippen MR) is 68.8 cm³/mol. The molecule has 0 aliphatic heterocycles. The smallest absolute Gasteiger partial charge is 0.221 e. The van der Waals surface area contributed by atoms with Crippen LogP contribution in [0.25, 0.3) is 22.9 Å². The first-order chi connectivity index (χ1) is 9.33. The number of nitrogens with zero attached hydrogens (tertiary/aromatic N) is 6. The van der Waals surface area contributed by atoms with E-state index >= 15 is 0 Å². The summed E-state index contributed by atoms with van der Waals surface area (Å²) in [6.45, 7) is 1.74. The van der Waals surface area contributed by atoms with Crippen LogP contribution in [0.1, 0.15) is 5.82 Å². The van der Waals surface area contributed by atoms with Crippen molar-refractivity contribution in [3.05, 3.63) is 48.4 Å². The molecule has 0 N–H and O–H groups in total. The minimum absolute atomic E-state index is 0.406. The van der Waals surface area contributed by atoms with Gasteiger partial charge in [0, 0.05) is 6.20 Å². The zero-order valence-corrected chi connectivity index (χ0v) is 10.2. The van der Waals surface area contributed by atoms with Gasteiger partial charge in [-0.2, -0.15) is 0 Å². The van der Waals surface area contributed by atoms with Crippen LogP contribution in [0.4, 0.5) is 0 Å². The van der Waals surface area contributed by atoms with Gasteiger partial charge in [-0.25, -0.2) is 4.98 Å². The van der Waals surface area contributed by atoms with Gasteiger partial charge in [0.2, 0.25) is 5.82 Å². The molecule has 3 aromatic heterocycles. The average Bonchev–Trinajstić information content (AvgIpc) is 2.49. The van der Waals surface area contributed by atoms with Gasteiger partial charge in [-0.1, -0.05) is 12.1 Å². The van der Waals surface area contributed by atoms with Gasteiger partial charge in [0.1, 0.15) is 5.69 Å². The molecule has 0 spiro atoms. The van der Waals surface area contributed by atoms with Crippen LogP contribution in [0, 0.1) is 6.92 Å². The first kappa shape index (κ1) is 11.3. The third-order valence-corrected chi connectivity index (χ3v) is 2.48. The highest BCUT2D eigenvalue weighted by Gasteiger charge is 2.07. The molecule has 19 heavy (non-hydrogen) atoms. The highest BCUT2D eigenvalue weighted by molar-refractivity contribution is 5.59. The van der Waals surface area contributed by atoms with Crippen molar-refractivity contribution < 1.29 is 0 Å². The van der Waals surface area contributed by atoms with Crippen molar-refractivity contribution in [1.82, 2.24) is 30.4 Å². The van der Waals surface area contributed by atoms with E-state index in [1.807, 2.05) is 36.4 Å². The Morgan fingerprint density at radius 1 is 0.737 bits per heavy atom. The average molecular weight is 250 g/mol. The summed E-state index contributed by atoms with van der Waals surface area (Å²) in [5, 5.41) is 15.7. The van der Waals surface area contributed by atoms with Crippen LogP contribution in [0.3, 0.4) is 0 Å². The van der Waals surface area contributed by atoms with Crippen molar-refractivity contribution in [2.75, 3.05) is 0 Å². The van der Waals surface area contributed by atoms with E-state index in [-0.39, 0.29) is 0 Å². The quantitative estimate of drug-likeness (QED) is 0.688. The van der Waals surface area contributed by atoms with Crippen LogP contribution in [0.5, 0.6) is 0 Å².